The van der Waals surface area contributed by atoms with Crippen LogP contribution in [-0.2, 0) is 10.0 Å². The van der Waals surface area contributed by atoms with Gasteiger partial charge in [-0.05, 0) is 12.3 Å². The minimum absolute atomic E-state index is 0.434. The predicted octanol–water partition coefficient (Wildman–Crippen LogP) is 0.912. The molecule has 8 heteroatoms. The van der Waals surface area contributed by atoms with Crippen LogP contribution >= 0.6 is 23.1 Å². The van der Waals surface area contributed by atoms with Gasteiger partial charge in [-0.1, -0.05) is 23.1 Å². The Morgan fingerprint density at radius 1 is 1.69 bits per heavy atom. The van der Waals surface area contributed by atoms with Gasteiger partial charge >= 0.3 is 0 Å². The molecule has 1 aliphatic heterocycles. The van der Waals surface area contributed by atoms with Crippen molar-refractivity contribution in [2.24, 2.45) is 5.92 Å². The molecular weight excluding hydrogens is 266 g/mol. The average molecular weight is 279 g/mol. The lowest BCUT2D eigenvalue weighted by Crippen LogP contribution is -2.27. The maximum absolute atomic E-state index is 11.3. The predicted molar refractivity (Wildman–Crippen MR) is 65.2 cm³/mol. The van der Waals surface area contributed by atoms with Gasteiger partial charge in [0, 0.05) is 18.8 Å². The van der Waals surface area contributed by atoms with Gasteiger partial charge in [0.25, 0.3) is 0 Å². The van der Waals surface area contributed by atoms with Gasteiger partial charge in [0.1, 0.15) is 5.51 Å². The molecule has 2 rings (SSSR count). The molecule has 1 atom stereocenters. The van der Waals surface area contributed by atoms with Crippen LogP contribution < -0.4 is 0 Å². The first-order valence-corrected chi connectivity index (χ1v) is 8.61. The number of sulfonamides is 1. The summed E-state index contributed by atoms with van der Waals surface area (Å²) in [6.07, 6.45) is 2.21. The molecule has 0 bridgehead atoms. The summed E-state index contributed by atoms with van der Waals surface area (Å²) in [5.41, 5.74) is 1.71. The van der Waals surface area contributed by atoms with Crippen LogP contribution in [0.3, 0.4) is 0 Å². The summed E-state index contributed by atoms with van der Waals surface area (Å²) in [6, 6.07) is 0. The first kappa shape index (κ1) is 12.3. The molecule has 0 N–H and O–H groups in total. The van der Waals surface area contributed by atoms with E-state index in [0.717, 1.165) is 16.5 Å². The van der Waals surface area contributed by atoms with Crippen LogP contribution in [-0.4, -0.2) is 48.0 Å². The van der Waals surface area contributed by atoms with Crippen LogP contribution in [0.25, 0.3) is 0 Å². The molecular formula is C8H13N3O2S3. The van der Waals surface area contributed by atoms with Gasteiger partial charge in [-0.15, -0.1) is 10.2 Å². The van der Waals surface area contributed by atoms with Crippen molar-refractivity contribution in [3.63, 3.8) is 0 Å². The van der Waals surface area contributed by atoms with Crippen LogP contribution in [0, 0.1) is 5.92 Å². The van der Waals surface area contributed by atoms with Crippen molar-refractivity contribution in [2.45, 2.75) is 10.8 Å². The SMILES string of the molecule is CS(=O)(=O)N1CCC(CSc2nncs2)C1. The Kier molecular flexibility index (Phi) is 3.83. The van der Waals surface area contributed by atoms with Crippen molar-refractivity contribution in [3.8, 4) is 0 Å². The molecule has 1 unspecified atom stereocenters. The topological polar surface area (TPSA) is 63.2 Å². The van der Waals surface area contributed by atoms with Crippen molar-refractivity contribution in [1.82, 2.24) is 14.5 Å². The lowest BCUT2D eigenvalue weighted by molar-refractivity contribution is 0.471. The van der Waals surface area contributed by atoms with Gasteiger partial charge in [0.15, 0.2) is 4.34 Å². The van der Waals surface area contributed by atoms with E-state index in [9.17, 15) is 8.42 Å². The molecule has 5 nitrogen and oxygen atoms in total. The fourth-order valence-corrected chi connectivity index (χ4v) is 4.21. The van der Waals surface area contributed by atoms with Gasteiger partial charge in [-0.3, -0.25) is 0 Å². The Bertz CT molecular complexity index is 431. The summed E-state index contributed by atoms with van der Waals surface area (Å²) in [6.45, 7) is 1.30. The summed E-state index contributed by atoms with van der Waals surface area (Å²) >= 11 is 3.18. The summed E-state index contributed by atoms with van der Waals surface area (Å²) in [7, 11) is -3.01. The first-order chi connectivity index (χ1) is 7.55. The normalized spacial score (nSPS) is 22.7. The Morgan fingerprint density at radius 3 is 3.06 bits per heavy atom. The third-order valence-corrected chi connectivity index (χ3v) is 5.86. The van der Waals surface area contributed by atoms with Crippen molar-refractivity contribution >= 4 is 33.1 Å². The van der Waals surface area contributed by atoms with Crippen LogP contribution in [0.15, 0.2) is 9.85 Å². The zero-order valence-electron chi connectivity index (χ0n) is 8.87. The number of thioether (sulfide) groups is 1. The molecule has 1 saturated heterocycles. The number of nitrogens with zero attached hydrogens (tertiary/aromatic N) is 3. The highest BCUT2D eigenvalue weighted by molar-refractivity contribution is 8.01. The average Bonchev–Trinajstić information content (AvgIpc) is 2.85. The summed E-state index contributed by atoms with van der Waals surface area (Å²) in [5, 5.41) is 7.71. The largest absolute Gasteiger partial charge is 0.213 e. The van der Waals surface area contributed by atoms with Crippen LogP contribution in [0.1, 0.15) is 6.42 Å². The number of hydrogen-bond acceptors (Lipinski definition) is 6. The molecule has 1 aromatic heterocycles. The van der Waals surface area contributed by atoms with Crippen molar-refractivity contribution in [1.29, 1.82) is 0 Å². The Balaban J connectivity index is 1.81. The second-order valence-corrected chi connectivity index (χ2v) is 7.87. The maximum Gasteiger partial charge on any atom is 0.211 e. The van der Waals surface area contributed by atoms with E-state index in [0.29, 0.717) is 19.0 Å². The van der Waals surface area contributed by atoms with E-state index >= 15 is 0 Å². The lowest BCUT2D eigenvalue weighted by Gasteiger charge is -2.12. The van der Waals surface area contributed by atoms with Gasteiger partial charge in [0.2, 0.25) is 10.0 Å². The molecule has 1 aromatic rings. The summed E-state index contributed by atoms with van der Waals surface area (Å²) in [5.74, 6) is 1.35. The Morgan fingerprint density at radius 2 is 2.50 bits per heavy atom. The van der Waals surface area contributed by atoms with E-state index in [-0.39, 0.29) is 0 Å². The van der Waals surface area contributed by atoms with Crippen LogP contribution in [0.5, 0.6) is 0 Å². The molecule has 0 aliphatic carbocycles. The van der Waals surface area contributed by atoms with E-state index in [1.54, 1.807) is 21.6 Å². The van der Waals surface area contributed by atoms with Crippen molar-refractivity contribution in [3.05, 3.63) is 5.51 Å². The van der Waals surface area contributed by atoms with Gasteiger partial charge in [-0.2, -0.15) is 0 Å². The zero-order valence-corrected chi connectivity index (χ0v) is 11.3. The van der Waals surface area contributed by atoms with Crippen molar-refractivity contribution < 1.29 is 8.42 Å². The molecule has 0 amide bonds. The van der Waals surface area contributed by atoms with Crippen molar-refractivity contribution in [2.75, 3.05) is 25.1 Å². The van der Waals surface area contributed by atoms with Crippen LogP contribution in [0.4, 0.5) is 0 Å². The fraction of sp³-hybridized carbons (Fsp3) is 0.750. The molecule has 2 heterocycles. The van der Waals surface area contributed by atoms with E-state index < -0.39 is 10.0 Å². The second kappa shape index (κ2) is 4.99. The highest BCUT2D eigenvalue weighted by atomic mass is 32.2. The molecule has 16 heavy (non-hydrogen) atoms. The number of aromatic nitrogens is 2. The minimum atomic E-state index is -3.01. The molecule has 90 valence electrons. The van der Waals surface area contributed by atoms with Gasteiger partial charge in [0.05, 0.1) is 6.26 Å². The molecule has 1 fully saturated rings. The minimum Gasteiger partial charge on any atom is -0.213 e. The maximum atomic E-state index is 11.3. The quantitative estimate of drug-likeness (QED) is 0.767. The molecule has 0 radical (unpaired) electrons. The zero-order chi connectivity index (χ0) is 11.6. The van der Waals surface area contributed by atoms with E-state index in [1.165, 1.54) is 17.6 Å². The Hall–Kier alpha value is -0.180. The summed E-state index contributed by atoms with van der Waals surface area (Å²) < 4.78 is 25.1. The van der Waals surface area contributed by atoms with E-state index in [2.05, 4.69) is 10.2 Å². The number of rotatable bonds is 4. The Labute approximate surface area is 103 Å². The second-order valence-electron chi connectivity index (χ2n) is 3.79. The van der Waals surface area contributed by atoms with E-state index in [4.69, 9.17) is 0 Å². The first-order valence-electron chi connectivity index (χ1n) is 4.90. The van der Waals surface area contributed by atoms with Gasteiger partial charge < -0.3 is 0 Å². The highest BCUT2D eigenvalue weighted by Crippen LogP contribution is 2.27. The lowest BCUT2D eigenvalue weighted by atomic mass is 10.2. The number of hydrogen-bond donors (Lipinski definition) is 0. The molecule has 0 saturated carbocycles. The molecule has 1 aliphatic rings. The molecule has 0 aromatic carbocycles. The monoisotopic (exact) mass is 279 g/mol. The summed E-state index contributed by atoms with van der Waals surface area (Å²) in [4.78, 5) is 0. The van der Waals surface area contributed by atoms with E-state index in [1.807, 2.05) is 0 Å². The van der Waals surface area contributed by atoms with Crippen LogP contribution in [0.2, 0.25) is 0 Å². The standard InChI is InChI=1S/C8H13N3O2S3/c1-16(12,13)11-3-2-7(4-11)5-14-8-10-9-6-15-8/h6-7H,2-5H2,1H3. The van der Waals surface area contributed by atoms with Gasteiger partial charge in [-0.25, -0.2) is 12.7 Å². The third-order valence-electron chi connectivity index (χ3n) is 2.50. The molecule has 0 spiro atoms. The fourth-order valence-electron chi connectivity index (χ4n) is 1.65. The highest BCUT2D eigenvalue weighted by Gasteiger charge is 2.28. The third kappa shape index (κ3) is 3.16. The smallest absolute Gasteiger partial charge is 0.211 e.